The van der Waals surface area contributed by atoms with E-state index < -0.39 is 28.5 Å². The standard InChI is InChI=1S/C35H34Cl3N3O4S/c36-27-13-9-12-26(20-27)23-40(33(21-25-10-3-1-4-11-25)35(43)39-29-14-7-8-15-29)34(42)24-41(32-19-18-28(37)22-31(32)38)46(44,45)30-16-5-2-6-17-30/h1-6,9-13,16-20,22,29,33H,7-8,14-15,21,23-24H2,(H,39,43)/t33-/m0/s1. The number of hydrogen-bond donors (Lipinski definition) is 1. The molecule has 1 fully saturated rings. The number of anilines is 1. The fourth-order valence-corrected chi connectivity index (χ4v) is 7.90. The molecule has 4 aromatic rings. The van der Waals surface area contributed by atoms with E-state index in [0.29, 0.717) is 15.6 Å². The summed E-state index contributed by atoms with van der Waals surface area (Å²) >= 11 is 19.0. The number of rotatable bonds is 12. The lowest BCUT2D eigenvalue weighted by molar-refractivity contribution is -0.140. The van der Waals surface area contributed by atoms with Crippen molar-refractivity contribution in [2.45, 2.75) is 55.6 Å². The SMILES string of the molecule is O=C(NC1CCCC1)[C@H](Cc1ccccc1)N(Cc1cccc(Cl)c1)C(=O)CN(c1ccc(Cl)cc1Cl)S(=O)(=O)c1ccccc1. The minimum atomic E-state index is -4.28. The molecule has 0 spiro atoms. The molecular weight excluding hydrogens is 665 g/mol. The molecule has 0 radical (unpaired) electrons. The van der Waals surface area contributed by atoms with Gasteiger partial charge in [0.1, 0.15) is 12.6 Å². The molecule has 5 rings (SSSR count). The van der Waals surface area contributed by atoms with Gasteiger partial charge in [-0.15, -0.1) is 0 Å². The molecule has 1 N–H and O–H groups in total. The van der Waals surface area contributed by atoms with Gasteiger partial charge in [0.15, 0.2) is 0 Å². The van der Waals surface area contributed by atoms with Crippen LogP contribution in [0.5, 0.6) is 0 Å². The van der Waals surface area contributed by atoms with E-state index in [1.165, 1.54) is 35.2 Å². The summed E-state index contributed by atoms with van der Waals surface area (Å²) in [6, 6.07) is 27.7. The second kappa shape index (κ2) is 15.4. The Morgan fingerprint density at radius 1 is 0.783 bits per heavy atom. The van der Waals surface area contributed by atoms with E-state index in [2.05, 4.69) is 5.32 Å². The topological polar surface area (TPSA) is 86.8 Å². The van der Waals surface area contributed by atoms with Crippen molar-refractivity contribution < 1.29 is 18.0 Å². The normalized spacial score (nSPS) is 14.1. The predicted octanol–water partition coefficient (Wildman–Crippen LogP) is 7.54. The molecule has 1 saturated carbocycles. The summed E-state index contributed by atoms with van der Waals surface area (Å²) < 4.78 is 29.2. The highest BCUT2D eigenvalue weighted by molar-refractivity contribution is 7.92. The first-order chi connectivity index (χ1) is 22.1. The molecular formula is C35H34Cl3N3O4S. The van der Waals surface area contributed by atoms with Gasteiger partial charge in [0.2, 0.25) is 11.8 Å². The quantitative estimate of drug-likeness (QED) is 0.166. The Morgan fingerprint density at radius 2 is 1.41 bits per heavy atom. The van der Waals surface area contributed by atoms with Gasteiger partial charge in [-0.05, 0) is 66.4 Å². The van der Waals surface area contributed by atoms with Crippen LogP contribution in [0.2, 0.25) is 15.1 Å². The summed E-state index contributed by atoms with van der Waals surface area (Å²) in [7, 11) is -4.28. The van der Waals surface area contributed by atoms with Crippen LogP contribution in [0.4, 0.5) is 5.69 Å². The molecule has 240 valence electrons. The minimum absolute atomic E-state index is 0.0109. The Labute approximate surface area is 285 Å². The van der Waals surface area contributed by atoms with E-state index in [9.17, 15) is 18.0 Å². The van der Waals surface area contributed by atoms with Gasteiger partial charge in [-0.2, -0.15) is 0 Å². The largest absolute Gasteiger partial charge is 0.352 e. The Hall–Kier alpha value is -3.56. The van der Waals surface area contributed by atoms with E-state index in [-0.39, 0.29) is 40.5 Å². The zero-order chi connectivity index (χ0) is 32.7. The van der Waals surface area contributed by atoms with Crippen LogP contribution in [0.15, 0.2) is 108 Å². The molecule has 0 unspecified atom stereocenters. The zero-order valence-corrected chi connectivity index (χ0v) is 28.1. The van der Waals surface area contributed by atoms with E-state index in [1.54, 1.807) is 36.4 Å². The third kappa shape index (κ3) is 8.42. The van der Waals surface area contributed by atoms with Crippen LogP contribution < -0.4 is 9.62 Å². The maximum atomic E-state index is 14.6. The molecule has 2 amide bonds. The van der Waals surface area contributed by atoms with Crippen molar-refractivity contribution in [2.24, 2.45) is 0 Å². The number of nitrogens with zero attached hydrogens (tertiary/aromatic N) is 2. The second-order valence-corrected chi connectivity index (χ2v) is 14.4. The maximum Gasteiger partial charge on any atom is 0.264 e. The predicted molar refractivity (Wildman–Crippen MR) is 184 cm³/mol. The number of carbonyl (C=O) groups excluding carboxylic acids is 2. The molecule has 0 saturated heterocycles. The minimum Gasteiger partial charge on any atom is -0.352 e. The zero-order valence-electron chi connectivity index (χ0n) is 25.0. The fourth-order valence-electron chi connectivity index (χ4n) is 5.67. The number of amides is 2. The van der Waals surface area contributed by atoms with Crippen LogP contribution in [0.3, 0.4) is 0 Å². The lowest BCUT2D eigenvalue weighted by atomic mass is 10.0. The first kappa shape index (κ1) is 33.8. The molecule has 4 aromatic carbocycles. The molecule has 46 heavy (non-hydrogen) atoms. The summed E-state index contributed by atoms with van der Waals surface area (Å²) in [5.74, 6) is -0.888. The lowest BCUT2D eigenvalue weighted by Crippen LogP contribution is -2.54. The molecule has 0 aliphatic heterocycles. The lowest BCUT2D eigenvalue weighted by Gasteiger charge is -2.34. The highest BCUT2D eigenvalue weighted by Crippen LogP contribution is 2.33. The average molecular weight is 699 g/mol. The number of nitrogens with one attached hydrogen (secondary N) is 1. The molecule has 1 aliphatic rings. The van der Waals surface area contributed by atoms with Crippen LogP contribution in [0, 0.1) is 0 Å². The molecule has 0 bridgehead atoms. The van der Waals surface area contributed by atoms with Crippen molar-refractivity contribution in [2.75, 3.05) is 10.8 Å². The summed E-state index contributed by atoms with van der Waals surface area (Å²) in [4.78, 5) is 30.1. The summed E-state index contributed by atoms with van der Waals surface area (Å²) in [5, 5.41) is 4.00. The van der Waals surface area contributed by atoms with Crippen molar-refractivity contribution in [1.29, 1.82) is 0 Å². The molecule has 1 aliphatic carbocycles. The van der Waals surface area contributed by atoms with Gasteiger partial charge in [-0.1, -0.05) is 108 Å². The smallest absolute Gasteiger partial charge is 0.264 e. The van der Waals surface area contributed by atoms with Gasteiger partial charge in [0.25, 0.3) is 10.0 Å². The van der Waals surface area contributed by atoms with Crippen molar-refractivity contribution in [1.82, 2.24) is 10.2 Å². The van der Waals surface area contributed by atoms with Crippen LogP contribution in [0.1, 0.15) is 36.8 Å². The highest BCUT2D eigenvalue weighted by Gasteiger charge is 2.36. The van der Waals surface area contributed by atoms with Gasteiger partial charge in [-0.3, -0.25) is 13.9 Å². The van der Waals surface area contributed by atoms with Crippen molar-refractivity contribution in [3.05, 3.63) is 129 Å². The fraction of sp³-hybridized carbons (Fsp3) is 0.257. The Balaban J connectivity index is 1.58. The highest BCUT2D eigenvalue weighted by atomic mass is 35.5. The Bertz CT molecular complexity index is 1770. The van der Waals surface area contributed by atoms with E-state index >= 15 is 0 Å². The number of sulfonamides is 1. The molecule has 11 heteroatoms. The first-order valence-corrected chi connectivity index (χ1v) is 17.6. The summed E-state index contributed by atoms with van der Waals surface area (Å²) in [6.45, 7) is -0.607. The number of halogens is 3. The van der Waals surface area contributed by atoms with Gasteiger partial charge in [-0.25, -0.2) is 8.42 Å². The van der Waals surface area contributed by atoms with Crippen molar-refractivity contribution in [3.8, 4) is 0 Å². The first-order valence-electron chi connectivity index (χ1n) is 15.0. The Kier molecular flexibility index (Phi) is 11.3. The van der Waals surface area contributed by atoms with Crippen molar-refractivity contribution in [3.63, 3.8) is 0 Å². The summed E-state index contributed by atoms with van der Waals surface area (Å²) in [6.07, 6.45) is 3.99. The van der Waals surface area contributed by atoms with E-state index in [0.717, 1.165) is 35.6 Å². The monoisotopic (exact) mass is 697 g/mol. The molecule has 1 atom stereocenters. The summed E-state index contributed by atoms with van der Waals surface area (Å²) in [5.41, 5.74) is 1.63. The maximum absolute atomic E-state index is 14.6. The number of benzene rings is 4. The molecule has 0 aromatic heterocycles. The van der Waals surface area contributed by atoms with Gasteiger partial charge >= 0.3 is 0 Å². The average Bonchev–Trinajstić information content (AvgIpc) is 3.56. The number of hydrogen-bond acceptors (Lipinski definition) is 4. The molecule has 0 heterocycles. The van der Waals surface area contributed by atoms with Crippen LogP contribution in [-0.4, -0.2) is 43.8 Å². The van der Waals surface area contributed by atoms with Crippen LogP contribution in [0.25, 0.3) is 0 Å². The van der Waals surface area contributed by atoms with Crippen molar-refractivity contribution >= 4 is 62.3 Å². The third-order valence-electron chi connectivity index (χ3n) is 8.00. The number of carbonyl (C=O) groups is 2. The Morgan fingerprint density at radius 3 is 2.07 bits per heavy atom. The van der Waals surface area contributed by atoms with E-state index in [1.807, 2.05) is 36.4 Å². The van der Waals surface area contributed by atoms with Gasteiger partial charge in [0, 0.05) is 29.1 Å². The molecule has 7 nitrogen and oxygen atoms in total. The second-order valence-electron chi connectivity index (χ2n) is 11.3. The van der Waals surface area contributed by atoms with Gasteiger partial charge < -0.3 is 10.2 Å². The van der Waals surface area contributed by atoms with Crippen LogP contribution in [-0.2, 0) is 32.6 Å². The third-order valence-corrected chi connectivity index (χ3v) is 10.5. The van der Waals surface area contributed by atoms with Crippen LogP contribution >= 0.6 is 34.8 Å². The van der Waals surface area contributed by atoms with Gasteiger partial charge in [0.05, 0.1) is 15.6 Å². The van der Waals surface area contributed by atoms with E-state index in [4.69, 9.17) is 34.8 Å².